The number of rotatable bonds is 4. The van der Waals surface area contributed by atoms with E-state index in [0.29, 0.717) is 12.1 Å². The fourth-order valence-corrected chi connectivity index (χ4v) is 2.13. The van der Waals surface area contributed by atoms with Crippen LogP contribution < -0.4 is 5.32 Å². The van der Waals surface area contributed by atoms with Crippen LogP contribution in [0.2, 0.25) is 0 Å². The van der Waals surface area contributed by atoms with Gasteiger partial charge >= 0.3 is 0 Å². The van der Waals surface area contributed by atoms with Crippen LogP contribution in [0.3, 0.4) is 0 Å². The maximum Gasteiger partial charge on any atom is 0.272 e. The number of aromatic nitrogens is 2. The number of nitrogens with zero attached hydrogens (tertiary/aromatic N) is 2. The van der Waals surface area contributed by atoms with E-state index in [2.05, 4.69) is 10.4 Å². The van der Waals surface area contributed by atoms with Crippen LogP contribution in [-0.2, 0) is 6.42 Å². The van der Waals surface area contributed by atoms with Crippen LogP contribution in [0.4, 0.5) is 0 Å². The predicted molar refractivity (Wildman–Crippen MR) is 74.5 cm³/mol. The van der Waals surface area contributed by atoms with Crippen LogP contribution in [-0.4, -0.2) is 21.6 Å². The van der Waals surface area contributed by atoms with E-state index in [1.165, 1.54) is 0 Å². The molecule has 0 aliphatic carbocycles. The van der Waals surface area contributed by atoms with E-state index in [4.69, 9.17) is 4.42 Å². The lowest BCUT2D eigenvalue weighted by molar-refractivity contribution is 0.0934. The fraction of sp³-hybridized carbons (Fsp3) is 0.200. The summed E-state index contributed by atoms with van der Waals surface area (Å²) in [5, 5.41) is 7.16. The lowest BCUT2D eigenvalue weighted by atomic mass is 10.2. The van der Waals surface area contributed by atoms with Crippen molar-refractivity contribution in [1.29, 1.82) is 0 Å². The first-order chi connectivity index (χ1) is 9.72. The number of hydrogen-bond acceptors (Lipinski definition) is 3. The number of hydrogen-bond donors (Lipinski definition) is 1. The molecule has 0 aliphatic heterocycles. The summed E-state index contributed by atoms with van der Waals surface area (Å²) >= 11 is 0. The van der Waals surface area contributed by atoms with Gasteiger partial charge in [-0.15, -0.1) is 0 Å². The van der Waals surface area contributed by atoms with Crippen LogP contribution in [0.5, 0.6) is 0 Å². The van der Waals surface area contributed by atoms with Gasteiger partial charge in [-0.05, 0) is 37.3 Å². The van der Waals surface area contributed by atoms with Crippen molar-refractivity contribution < 1.29 is 9.21 Å². The van der Waals surface area contributed by atoms with Crippen molar-refractivity contribution in [3.05, 3.63) is 60.3 Å². The van der Waals surface area contributed by atoms with Gasteiger partial charge in [0.25, 0.3) is 5.91 Å². The van der Waals surface area contributed by atoms with E-state index in [1.807, 2.05) is 43.5 Å². The molecule has 0 fully saturated rings. The molecule has 0 unspecified atom stereocenters. The summed E-state index contributed by atoms with van der Waals surface area (Å²) in [6.45, 7) is 1.94. The van der Waals surface area contributed by atoms with Gasteiger partial charge in [0, 0.05) is 18.7 Å². The third-order valence-electron chi connectivity index (χ3n) is 3.07. The predicted octanol–water partition coefficient (Wildman–Crippen LogP) is 2.29. The molecule has 0 spiro atoms. The van der Waals surface area contributed by atoms with Crippen molar-refractivity contribution in [2.45, 2.75) is 19.4 Å². The lowest BCUT2D eigenvalue weighted by Crippen LogP contribution is -2.34. The molecule has 5 heteroatoms. The van der Waals surface area contributed by atoms with Gasteiger partial charge in [-0.1, -0.05) is 6.07 Å². The van der Waals surface area contributed by atoms with E-state index in [1.54, 1.807) is 16.8 Å². The number of fused-ring (bicyclic) bond motifs is 1. The first-order valence-electron chi connectivity index (χ1n) is 6.50. The first kappa shape index (κ1) is 12.5. The van der Waals surface area contributed by atoms with E-state index in [9.17, 15) is 4.79 Å². The average Bonchev–Trinajstić information content (AvgIpc) is 3.06. The summed E-state index contributed by atoms with van der Waals surface area (Å²) in [6, 6.07) is 11.2. The number of carbonyl (C=O) groups excluding carboxylic acids is 1. The van der Waals surface area contributed by atoms with Crippen molar-refractivity contribution in [2.75, 3.05) is 0 Å². The van der Waals surface area contributed by atoms with Gasteiger partial charge in [0.2, 0.25) is 0 Å². The zero-order valence-electron chi connectivity index (χ0n) is 11.1. The monoisotopic (exact) mass is 269 g/mol. The first-order valence-corrected chi connectivity index (χ1v) is 6.50. The molecule has 3 aromatic heterocycles. The maximum absolute atomic E-state index is 12.1. The average molecular weight is 269 g/mol. The van der Waals surface area contributed by atoms with Crippen LogP contribution in [0.1, 0.15) is 23.2 Å². The zero-order chi connectivity index (χ0) is 13.9. The largest absolute Gasteiger partial charge is 0.469 e. The Morgan fingerprint density at radius 3 is 3.05 bits per heavy atom. The molecule has 3 aromatic rings. The Hall–Kier alpha value is -2.56. The van der Waals surface area contributed by atoms with E-state index >= 15 is 0 Å². The Bertz CT molecular complexity index is 683. The Morgan fingerprint density at radius 1 is 1.40 bits per heavy atom. The Balaban J connectivity index is 1.69. The summed E-state index contributed by atoms with van der Waals surface area (Å²) in [4.78, 5) is 12.1. The second kappa shape index (κ2) is 5.21. The number of carbonyl (C=O) groups is 1. The Kier molecular flexibility index (Phi) is 3.25. The third kappa shape index (κ3) is 2.56. The summed E-state index contributed by atoms with van der Waals surface area (Å²) in [7, 11) is 0. The smallest absolute Gasteiger partial charge is 0.272 e. The van der Waals surface area contributed by atoms with Crippen molar-refractivity contribution >= 4 is 11.4 Å². The van der Waals surface area contributed by atoms with Crippen molar-refractivity contribution in [3.8, 4) is 0 Å². The molecule has 1 atom stereocenters. The van der Waals surface area contributed by atoms with E-state index in [0.717, 1.165) is 11.3 Å². The highest BCUT2D eigenvalue weighted by atomic mass is 16.3. The number of nitrogens with one attached hydrogen (secondary N) is 1. The molecular weight excluding hydrogens is 254 g/mol. The molecule has 0 saturated heterocycles. The summed E-state index contributed by atoms with van der Waals surface area (Å²) < 4.78 is 6.96. The summed E-state index contributed by atoms with van der Waals surface area (Å²) in [6.07, 6.45) is 4.11. The molecule has 102 valence electrons. The highest BCUT2D eigenvalue weighted by Crippen LogP contribution is 2.07. The van der Waals surface area contributed by atoms with Crippen LogP contribution in [0, 0.1) is 0 Å². The van der Waals surface area contributed by atoms with Crippen LogP contribution in [0.25, 0.3) is 5.52 Å². The van der Waals surface area contributed by atoms with Crippen molar-refractivity contribution in [1.82, 2.24) is 14.9 Å². The molecule has 0 saturated carbocycles. The Labute approximate surface area is 116 Å². The van der Waals surface area contributed by atoms with Gasteiger partial charge in [0.05, 0.1) is 11.8 Å². The van der Waals surface area contributed by atoms with Gasteiger partial charge in [0.15, 0.2) is 5.69 Å². The van der Waals surface area contributed by atoms with Crippen LogP contribution >= 0.6 is 0 Å². The zero-order valence-corrected chi connectivity index (χ0v) is 11.1. The van der Waals surface area contributed by atoms with E-state index in [-0.39, 0.29) is 11.9 Å². The molecule has 1 amide bonds. The van der Waals surface area contributed by atoms with Gasteiger partial charge in [-0.3, -0.25) is 4.79 Å². The maximum atomic E-state index is 12.1. The Morgan fingerprint density at radius 2 is 2.30 bits per heavy atom. The molecule has 3 heterocycles. The number of amides is 1. The molecule has 0 aliphatic rings. The van der Waals surface area contributed by atoms with E-state index < -0.39 is 0 Å². The number of furan rings is 1. The third-order valence-corrected chi connectivity index (χ3v) is 3.07. The van der Waals surface area contributed by atoms with Gasteiger partial charge in [-0.25, -0.2) is 4.52 Å². The highest BCUT2D eigenvalue weighted by molar-refractivity contribution is 5.93. The molecule has 0 aromatic carbocycles. The molecule has 0 bridgehead atoms. The van der Waals surface area contributed by atoms with Crippen LogP contribution in [0.15, 0.2) is 53.3 Å². The summed E-state index contributed by atoms with van der Waals surface area (Å²) in [5.74, 6) is 0.681. The molecule has 20 heavy (non-hydrogen) atoms. The normalized spacial score (nSPS) is 12.4. The van der Waals surface area contributed by atoms with Gasteiger partial charge in [0.1, 0.15) is 5.76 Å². The molecule has 5 nitrogen and oxygen atoms in total. The molecule has 1 N–H and O–H groups in total. The summed E-state index contributed by atoms with van der Waals surface area (Å²) in [5.41, 5.74) is 1.32. The lowest BCUT2D eigenvalue weighted by Gasteiger charge is -2.10. The standard InChI is InChI=1S/C15H15N3O2/c1-11(9-13-6-4-8-20-13)16-15(19)14-10-12-5-2-3-7-18(12)17-14/h2-8,10-11H,9H2,1H3,(H,16,19)/t11-/m0/s1. The minimum Gasteiger partial charge on any atom is -0.469 e. The molecule has 0 radical (unpaired) electrons. The van der Waals surface area contributed by atoms with Crippen molar-refractivity contribution in [2.24, 2.45) is 0 Å². The topological polar surface area (TPSA) is 59.5 Å². The SMILES string of the molecule is C[C@@H](Cc1ccco1)NC(=O)c1cc2ccccn2n1. The van der Waals surface area contributed by atoms with Gasteiger partial charge in [-0.2, -0.15) is 5.10 Å². The van der Waals surface area contributed by atoms with Gasteiger partial charge < -0.3 is 9.73 Å². The molecular formula is C15H15N3O2. The van der Waals surface area contributed by atoms with Crippen molar-refractivity contribution in [3.63, 3.8) is 0 Å². The minimum atomic E-state index is -0.173. The second-order valence-electron chi connectivity index (χ2n) is 4.76. The quantitative estimate of drug-likeness (QED) is 0.790. The second-order valence-corrected chi connectivity index (χ2v) is 4.76. The minimum absolute atomic E-state index is 0.0153. The number of pyridine rings is 1. The highest BCUT2D eigenvalue weighted by Gasteiger charge is 2.14. The molecule has 3 rings (SSSR count). The fourth-order valence-electron chi connectivity index (χ4n) is 2.13.